The van der Waals surface area contributed by atoms with Crippen LogP contribution >= 0.6 is 0 Å². The molecule has 1 fully saturated rings. The Labute approximate surface area is 149 Å². The number of anilines is 1. The zero-order valence-electron chi connectivity index (χ0n) is 15.1. The van der Waals surface area contributed by atoms with E-state index < -0.39 is 0 Å². The molecule has 0 aliphatic carbocycles. The van der Waals surface area contributed by atoms with Crippen molar-refractivity contribution in [2.24, 2.45) is 4.99 Å². The van der Waals surface area contributed by atoms with Crippen molar-refractivity contribution < 1.29 is 9.18 Å². The quantitative estimate of drug-likeness (QED) is 0.603. The van der Waals surface area contributed by atoms with Crippen LogP contribution in [0.25, 0.3) is 0 Å². The lowest BCUT2D eigenvalue weighted by Gasteiger charge is -2.36. The number of benzene rings is 1. The van der Waals surface area contributed by atoms with E-state index in [2.05, 4.69) is 20.5 Å². The number of rotatable bonds is 6. The van der Waals surface area contributed by atoms with Crippen molar-refractivity contribution in [3.05, 3.63) is 30.1 Å². The first kappa shape index (κ1) is 19.0. The summed E-state index contributed by atoms with van der Waals surface area (Å²) in [6, 6.07) is 6.50. The van der Waals surface area contributed by atoms with Crippen LogP contribution < -0.4 is 15.5 Å². The van der Waals surface area contributed by atoms with Gasteiger partial charge in [0.1, 0.15) is 5.82 Å². The summed E-state index contributed by atoms with van der Waals surface area (Å²) in [5.74, 6) is 0.654. The molecule has 1 aromatic rings. The summed E-state index contributed by atoms with van der Waals surface area (Å²) in [5, 5.41) is 6.29. The van der Waals surface area contributed by atoms with Gasteiger partial charge in [-0.15, -0.1) is 0 Å². The zero-order chi connectivity index (χ0) is 18.1. The fourth-order valence-electron chi connectivity index (χ4n) is 2.80. The van der Waals surface area contributed by atoms with Crippen molar-refractivity contribution in [1.82, 2.24) is 15.5 Å². The highest BCUT2D eigenvalue weighted by Crippen LogP contribution is 2.17. The molecule has 25 heavy (non-hydrogen) atoms. The Bertz CT molecular complexity index is 559. The minimum Gasteiger partial charge on any atom is -0.368 e. The minimum absolute atomic E-state index is 0.134. The molecule has 0 unspecified atom stereocenters. The van der Waals surface area contributed by atoms with Crippen LogP contribution in [0.4, 0.5) is 10.1 Å². The van der Waals surface area contributed by atoms with Gasteiger partial charge in [0.15, 0.2) is 5.96 Å². The Morgan fingerprint density at radius 3 is 2.24 bits per heavy atom. The first-order valence-corrected chi connectivity index (χ1v) is 8.94. The Morgan fingerprint density at radius 2 is 1.68 bits per heavy atom. The largest absolute Gasteiger partial charge is 0.368 e. The van der Waals surface area contributed by atoms with Crippen LogP contribution in [0.15, 0.2) is 29.3 Å². The number of hydrogen-bond acceptors (Lipinski definition) is 3. The number of aliphatic imine (C=N–C) groups is 1. The maximum absolute atomic E-state index is 13.0. The predicted octanol–water partition coefficient (Wildman–Crippen LogP) is 1.44. The van der Waals surface area contributed by atoms with Gasteiger partial charge in [0.05, 0.1) is 6.54 Å². The Hall–Kier alpha value is -2.31. The number of carbonyl (C=O) groups is 1. The third kappa shape index (κ3) is 5.92. The monoisotopic (exact) mass is 349 g/mol. The van der Waals surface area contributed by atoms with Gasteiger partial charge < -0.3 is 20.4 Å². The van der Waals surface area contributed by atoms with Gasteiger partial charge in [-0.05, 0) is 38.1 Å². The van der Waals surface area contributed by atoms with E-state index in [0.29, 0.717) is 26.1 Å². The van der Waals surface area contributed by atoms with Crippen LogP contribution in [0.1, 0.15) is 20.3 Å². The molecule has 1 aliphatic heterocycles. The van der Waals surface area contributed by atoms with Gasteiger partial charge in [0.25, 0.3) is 0 Å². The van der Waals surface area contributed by atoms with Gasteiger partial charge in [0.2, 0.25) is 5.91 Å². The Kier molecular flexibility index (Phi) is 7.50. The van der Waals surface area contributed by atoms with E-state index in [9.17, 15) is 9.18 Å². The SMILES string of the molecule is CCNC(=NCCC(=O)N1CCN(c2ccc(F)cc2)CC1)NCC. The summed E-state index contributed by atoms with van der Waals surface area (Å²) in [6.07, 6.45) is 0.414. The van der Waals surface area contributed by atoms with E-state index in [4.69, 9.17) is 0 Å². The van der Waals surface area contributed by atoms with Crippen molar-refractivity contribution in [2.75, 3.05) is 50.7 Å². The molecule has 0 aromatic heterocycles. The lowest BCUT2D eigenvalue weighted by atomic mass is 10.2. The molecule has 7 heteroatoms. The van der Waals surface area contributed by atoms with Gasteiger partial charge in [0, 0.05) is 51.4 Å². The average molecular weight is 349 g/mol. The molecule has 138 valence electrons. The third-order valence-corrected chi connectivity index (χ3v) is 4.11. The standard InChI is InChI=1S/C18H28FN5O/c1-3-20-18(21-4-2)22-10-9-17(25)24-13-11-23(12-14-24)16-7-5-15(19)6-8-16/h5-8H,3-4,9-14H2,1-2H3,(H2,20,21,22). The van der Waals surface area contributed by atoms with E-state index in [1.165, 1.54) is 12.1 Å². The minimum atomic E-state index is -0.229. The normalized spacial score (nSPS) is 14.2. The molecule has 2 N–H and O–H groups in total. The number of guanidine groups is 1. The summed E-state index contributed by atoms with van der Waals surface area (Å²) >= 11 is 0. The molecular formula is C18H28FN5O. The van der Waals surface area contributed by atoms with Crippen LogP contribution in [-0.4, -0.2) is 62.6 Å². The van der Waals surface area contributed by atoms with Crippen molar-refractivity contribution >= 4 is 17.6 Å². The summed E-state index contributed by atoms with van der Waals surface area (Å²) in [4.78, 5) is 20.8. The second-order valence-corrected chi connectivity index (χ2v) is 5.89. The van der Waals surface area contributed by atoms with Crippen molar-refractivity contribution in [2.45, 2.75) is 20.3 Å². The molecule has 1 heterocycles. The van der Waals surface area contributed by atoms with E-state index in [1.54, 1.807) is 12.1 Å². The van der Waals surface area contributed by atoms with Crippen LogP contribution in [-0.2, 0) is 4.79 Å². The number of hydrogen-bond donors (Lipinski definition) is 2. The van der Waals surface area contributed by atoms with Gasteiger partial charge >= 0.3 is 0 Å². The van der Waals surface area contributed by atoms with Gasteiger partial charge in [-0.25, -0.2) is 4.39 Å². The highest BCUT2D eigenvalue weighted by atomic mass is 19.1. The van der Waals surface area contributed by atoms with Crippen LogP contribution in [0, 0.1) is 5.82 Å². The average Bonchev–Trinajstić information content (AvgIpc) is 2.63. The summed E-state index contributed by atoms with van der Waals surface area (Å²) in [7, 11) is 0. The number of nitrogens with zero attached hydrogens (tertiary/aromatic N) is 3. The van der Waals surface area contributed by atoms with Gasteiger partial charge in [-0.1, -0.05) is 0 Å². The van der Waals surface area contributed by atoms with Crippen molar-refractivity contribution in [1.29, 1.82) is 0 Å². The van der Waals surface area contributed by atoms with E-state index >= 15 is 0 Å². The van der Waals surface area contributed by atoms with Crippen molar-refractivity contribution in [3.63, 3.8) is 0 Å². The molecule has 6 nitrogen and oxygen atoms in total. The number of piperazine rings is 1. The molecule has 1 saturated heterocycles. The number of halogens is 1. The lowest BCUT2D eigenvalue weighted by Crippen LogP contribution is -2.49. The number of carbonyl (C=O) groups excluding carboxylic acids is 1. The van der Waals surface area contributed by atoms with Crippen LogP contribution in [0.5, 0.6) is 0 Å². The lowest BCUT2D eigenvalue weighted by molar-refractivity contribution is -0.131. The fourth-order valence-corrected chi connectivity index (χ4v) is 2.80. The summed E-state index contributed by atoms with van der Waals surface area (Å²) < 4.78 is 13.0. The molecule has 0 atom stereocenters. The zero-order valence-corrected chi connectivity index (χ0v) is 15.1. The van der Waals surface area contributed by atoms with Crippen LogP contribution in [0.2, 0.25) is 0 Å². The number of amides is 1. The van der Waals surface area contributed by atoms with E-state index in [1.807, 2.05) is 18.7 Å². The molecule has 1 aromatic carbocycles. The second-order valence-electron chi connectivity index (χ2n) is 5.89. The molecule has 0 saturated carbocycles. The van der Waals surface area contributed by atoms with E-state index in [0.717, 1.165) is 37.8 Å². The van der Waals surface area contributed by atoms with Crippen LogP contribution in [0.3, 0.4) is 0 Å². The maximum atomic E-state index is 13.0. The third-order valence-electron chi connectivity index (χ3n) is 4.11. The topological polar surface area (TPSA) is 60.0 Å². The Morgan fingerprint density at radius 1 is 1.08 bits per heavy atom. The van der Waals surface area contributed by atoms with E-state index in [-0.39, 0.29) is 11.7 Å². The Balaban J connectivity index is 1.77. The van der Waals surface area contributed by atoms with Gasteiger partial charge in [-0.3, -0.25) is 9.79 Å². The van der Waals surface area contributed by atoms with Gasteiger partial charge in [-0.2, -0.15) is 0 Å². The maximum Gasteiger partial charge on any atom is 0.224 e. The second kappa shape index (κ2) is 9.86. The highest BCUT2D eigenvalue weighted by Gasteiger charge is 2.20. The smallest absolute Gasteiger partial charge is 0.224 e. The molecule has 1 amide bonds. The first-order valence-electron chi connectivity index (χ1n) is 8.94. The fraction of sp³-hybridized carbons (Fsp3) is 0.556. The molecule has 0 radical (unpaired) electrons. The highest BCUT2D eigenvalue weighted by molar-refractivity contribution is 5.80. The summed E-state index contributed by atoms with van der Waals surface area (Å²) in [5.41, 5.74) is 0.999. The first-order chi connectivity index (χ1) is 12.1. The molecular weight excluding hydrogens is 321 g/mol. The molecule has 1 aliphatic rings. The molecule has 0 bridgehead atoms. The predicted molar refractivity (Wildman–Crippen MR) is 99.5 cm³/mol. The summed E-state index contributed by atoms with van der Waals surface area (Å²) in [6.45, 7) is 9.00. The van der Waals surface area contributed by atoms with Crippen molar-refractivity contribution in [3.8, 4) is 0 Å². The molecule has 0 spiro atoms. The molecule has 2 rings (SSSR count). The number of nitrogens with one attached hydrogen (secondary N) is 2.